The molecule has 2 N–H and O–H groups in total. The average molecular weight is 261 g/mol. The lowest BCUT2D eigenvalue weighted by atomic mass is 9.87. The largest absolute Gasteiger partial charge is 0.330 e. The standard InChI is InChI=1S/C13H27NO2S/c1-2-3-4-5-6-7-12(10-14)13-8-9-17(15,16)11-13/h12-13H,2-11,14H2,1H3. The highest BCUT2D eigenvalue weighted by molar-refractivity contribution is 7.91. The second kappa shape index (κ2) is 7.37. The topological polar surface area (TPSA) is 60.2 Å². The van der Waals surface area contributed by atoms with Gasteiger partial charge in [0.1, 0.15) is 0 Å². The van der Waals surface area contributed by atoms with Gasteiger partial charge >= 0.3 is 0 Å². The molecule has 0 radical (unpaired) electrons. The Labute approximate surface area is 106 Å². The summed E-state index contributed by atoms with van der Waals surface area (Å²) in [6, 6.07) is 0. The van der Waals surface area contributed by atoms with Gasteiger partial charge in [-0.15, -0.1) is 0 Å². The number of hydrogen-bond donors (Lipinski definition) is 1. The molecule has 0 aromatic carbocycles. The van der Waals surface area contributed by atoms with Gasteiger partial charge < -0.3 is 5.73 Å². The Morgan fingerprint density at radius 3 is 2.47 bits per heavy atom. The lowest BCUT2D eigenvalue weighted by Crippen LogP contribution is -2.24. The van der Waals surface area contributed by atoms with Crippen LogP contribution in [0.25, 0.3) is 0 Å². The molecule has 4 heteroatoms. The summed E-state index contributed by atoms with van der Waals surface area (Å²) >= 11 is 0. The van der Waals surface area contributed by atoms with Crippen LogP contribution in [-0.4, -0.2) is 26.5 Å². The van der Waals surface area contributed by atoms with Crippen molar-refractivity contribution in [3.63, 3.8) is 0 Å². The molecule has 1 aliphatic rings. The van der Waals surface area contributed by atoms with Gasteiger partial charge in [0, 0.05) is 0 Å². The Kier molecular flexibility index (Phi) is 6.49. The summed E-state index contributed by atoms with van der Waals surface area (Å²) in [6.07, 6.45) is 8.30. The van der Waals surface area contributed by atoms with Crippen LogP contribution in [0, 0.1) is 11.8 Å². The highest BCUT2D eigenvalue weighted by atomic mass is 32.2. The normalized spacial score (nSPS) is 24.9. The van der Waals surface area contributed by atoms with Crippen molar-refractivity contribution in [2.24, 2.45) is 17.6 Å². The van der Waals surface area contributed by atoms with Crippen molar-refractivity contribution in [1.82, 2.24) is 0 Å². The number of hydrogen-bond acceptors (Lipinski definition) is 3. The van der Waals surface area contributed by atoms with Gasteiger partial charge in [0.2, 0.25) is 0 Å². The van der Waals surface area contributed by atoms with Crippen molar-refractivity contribution >= 4 is 9.84 Å². The highest BCUT2D eigenvalue weighted by Crippen LogP contribution is 2.29. The number of sulfone groups is 1. The molecule has 17 heavy (non-hydrogen) atoms. The van der Waals surface area contributed by atoms with E-state index in [1.807, 2.05) is 0 Å². The molecule has 1 rings (SSSR count). The number of nitrogens with two attached hydrogens (primary N) is 1. The zero-order valence-electron chi connectivity index (χ0n) is 11.0. The average Bonchev–Trinajstić information content (AvgIpc) is 2.64. The lowest BCUT2D eigenvalue weighted by Gasteiger charge is -2.20. The summed E-state index contributed by atoms with van der Waals surface area (Å²) < 4.78 is 22.9. The summed E-state index contributed by atoms with van der Waals surface area (Å²) in [5.41, 5.74) is 5.79. The van der Waals surface area contributed by atoms with Crippen LogP contribution in [0.15, 0.2) is 0 Å². The molecule has 0 aromatic rings. The molecule has 0 aromatic heterocycles. The van der Waals surface area contributed by atoms with Crippen LogP contribution in [0.5, 0.6) is 0 Å². The molecule has 2 unspecified atom stereocenters. The Morgan fingerprint density at radius 2 is 1.94 bits per heavy atom. The van der Waals surface area contributed by atoms with Crippen molar-refractivity contribution in [2.75, 3.05) is 18.1 Å². The van der Waals surface area contributed by atoms with E-state index in [1.54, 1.807) is 0 Å². The molecule has 1 fully saturated rings. The van der Waals surface area contributed by atoms with Crippen molar-refractivity contribution in [1.29, 1.82) is 0 Å². The summed E-state index contributed by atoms with van der Waals surface area (Å²) in [5, 5.41) is 0. The van der Waals surface area contributed by atoms with E-state index < -0.39 is 9.84 Å². The fourth-order valence-electron chi connectivity index (χ4n) is 2.75. The van der Waals surface area contributed by atoms with E-state index in [0.717, 1.165) is 12.8 Å². The molecule has 1 saturated heterocycles. The van der Waals surface area contributed by atoms with E-state index in [1.165, 1.54) is 32.1 Å². The van der Waals surface area contributed by atoms with Gasteiger partial charge in [-0.05, 0) is 31.2 Å². The maximum absolute atomic E-state index is 11.4. The molecule has 0 spiro atoms. The Morgan fingerprint density at radius 1 is 1.24 bits per heavy atom. The van der Waals surface area contributed by atoms with Gasteiger partial charge in [-0.25, -0.2) is 8.42 Å². The molecule has 0 bridgehead atoms. The molecule has 2 atom stereocenters. The van der Waals surface area contributed by atoms with Crippen molar-refractivity contribution in [3.05, 3.63) is 0 Å². The van der Waals surface area contributed by atoms with E-state index in [4.69, 9.17) is 5.73 Å². The Balaban J connectivity index is 2.24. The third kappa shape index (κ3) is 5.38. The monoisotopic (exact) mass is 261 g/mol. The minimum Gasteiger partial charge on any atom is -0.330 e. The maximum atomic E-state index is 11.4. The van der Waals surface area contributed by atoms with Crippen LogP contribution in [0.2, 0.25) is 0 Å². The summed E-state index contributed by atoms with van der Waals surface area (Å²) in [7, 11) is -2.75. The molecule has 102 valence electrons. The van der Waals surface area contributed by atoms with Gasteiger partial charge in [0.15, 0.2) is 9.84 Å². The van der Waals surface area contributed by atoms with Crippen molar-refractivity contribution in [2.45, 2.75) is 51.9 Å². The van der Waals surface area contributed by atoms with Gasteiger partial charge in [0.25, 0.3) is 0 Å². The Hall–Kier alpha value is -0.0900. The van der Waals surface area contributed by atoms with Crippen LogP contribution in [0.1, 0.15) is 51.9 Å². The van der Waals surface area contributed by atoms with Gasteiger partial charge in [0.05, 0.1) is 11.5 Å². The summed E-state index contributed by atoms with van der Waals surface area (Å²) in [6.45, 7) is 2.86. The second-order valence-electron chi connectivity index (χ2n) is 5.36. The van der Waals surface area contributed by atoms with E-state index >= 15 is 0 Å². The van der Waals surface area contributed by atoms with Crippen LogP contribution < -0.4 is 5.73 Å². The van der Waals surface area contributed by atoms with Gasteiger partial charge in [-0.3, -0.25) is 0 Å². The minimum absolute atomic E-state index is 0.330. The molecule has 0 saturated carbocycles. The predicted molar refractivity (Wildman–Crippen MR) is 72.7 cm³/mol. The molecule has 0 aliphatic carbocycles. The van der Waals surface area contributed by atoms with Crippen molar-refractivity contribution < 1.29 is 8.42 Å². The van der Waals surface area contributed by atoms with Crippen LogP contribution in [0.3, 0.4) is 0 Å². The van der Waals surface area contributed by atoms with Crippen molar-refractivity contribution in [3.8, 4) is 0 Å². The third-order valence-electron chi connectivity index (χ3n) is 3.92. The van der Waals surface area contributed by atoms with Crippen LogP contribution >= 0.6 is 0 Å². The molecule has 3 nitrogen and oxygen atoms in total. The molecule has 1 heterocycles. The van der Waals surface area contributed by atoms with Crippen LogP contribution in [-0.2, 0) is 9.84 Å². The molecule has 0 amide bonds. The minimum atomic E-state index is -2.75. The molecular weight excluding hydrogens is 234 g/mol. The maximum Gasteiger partial charge on any atom is 0.150 e. The predicted octanol–water partition coefficient (Wildman–Crippen LogP) is 2.36. The highest BCUT2D eigenvalue weighted by Gasteiger charge is 2.32. The summed E-state index contributed by atoms with van der Waals surface area (Å²) in [5.74, 6) is 1.51. The van der Waals surface area contributed by atoms with Gasteiger partial charge in [-0.2, -0.15) is 0 Å². The summed E-state index contributed by atoms with van der Waals surface area (Å²) in [4.78, 5) is 0. The first-order valence-electron chi connectivity index (χ1n) is 6.99. The zero-order chi connectivity index (χ0) is 12.7. The Bertz CT molecular complexity index is 301. The fraction of sp³-hybridized carbons (Fsp3) is 1.00. The van der Waals surface area contributed by atoms with E-state index in [9.17, 15) is 8.42 Å². The molecular formula is C13H27NO2S. The first-order chi connectivity index (χ1) is 8.09. The SMILES string of the molecule is CCCCCCCC(CN)C1CCS(=O)(=O)C1. The smallest absolute Gasteiger partial charge is 0.150 e. The zero-order valence-corrected chi connectivity index (χ0v) is 11.8. The van der Waals surface area contributed by atoms with Gasteiger partial charge in [-0.1, -0.05) is 39.0 Å². The first kappa shape index (κ1) is 15.0. The van der Waals surface area contributed by atoms with E-state index in [2.05, 4.69) is 6.92 Å². The first-order valence-corrected chi connectivity index (χ1v) is 8.81. The molecule has 1 aliphatic heterocycles. The number of rotatable bonds is 8. The van der Waals surface area contributed by atoms with E-state index in [0.29, 0.717) is 29.9 Å². The fourth-order valence-corrected chi connectivity index (χ4v) is 4.67. The third-order valence-corrected chi connectivity index (χ3v) is 5.71. The lowest BCUT2D eigenvalue weighted by molar-refractivity contribution is 0.337. The second-order valence-corrected chi connectivity index (χ2v) is 7.59. The quantitative estimate of drug-likeness (QED) is 0.682. The number of unbranched alkanes of at least 4 members (excludes halogenated alkanes) is 4. The van der Waals surface area contributed by atoms with Crippen LogP contribution in [0.4, 0.5) is 0 Å². The van der Waals surface area contributed by atoms with E-state index in [-0.39, 0.29) is 0 Å².